The van der Waals surface area contributed by atoms with E-state index in [0.29, 0.717) is 5.03 Å². The fourth-order valence-corrected chi connectivity index (χ4v) is 1.80. The van der Waals surface area contributed by atoms with E-state index >= 15 is 0 Å². The predicted molar refractivity (Wildman–Crippen MR) is 74.2 cm³/mol. The van der Waals surface area contributed by atoms with Crippen molar-refractivity contribution in [2.45, 2.75) is 24.2 Å². The number of carbonyl (C=O) groups is 1. The van der Waals surface area contributed by atoms with Gasteiger partial charge in [-0.2, -0.15) is 23.1 Å². The van der Waals surface area contributed by atoms with Crippen LogP contribution in [0.2, 0.25) is 0 Å². The summed E-state index contributed by atoms with van der Waals surface area (Å²) in [4.78, 5) is 19.6. The zero-order chi connectivity index (χ0) is 16.8. The number of nitrogens with one attached hydrogen (secondary N) is 1. The fourth-order valence-electron chi connectivity index (χ4n) is 1.40. The number of halogens is 3. The smallest absolute Gasteiger partial charge is 0.405 e. The third-order valence-electron chi connectivity index (χ3n) is 2.28. The average molecular weight is 339 g/mol. The molecule has 0 fully saturated rings. The van der Waals surface area contributed by atoms with Crippen LogP contribution in [-0.2, 0) is 4.74 Å². The first-order valence-corrected chi connectivity index (χ1v) is 7.41. The molecule has 0 aromatic carbocycles. The maximum atomic E-state index is 12.1. The molecule has 22 heavy (non-hydrogen) atoms. The lowest BCUT2D eigenvalue weighted by Crippen LogP contribution is -2.34. The molecule has 1 rings (SSSR count). The number of nitrogens with zero attached hydrogens (tertiary/aromatic N) is 2. The van der Waals surface area contributed by atoms with Gasteiger partial charge in [0.25, 0.3) is 5.91 Å². The van der Waals surface area contributed by atoms with Gasteiger partial charge in [0, 0.05) is 13.2 Å². The van der Waals surface area contributed by atoms with Gasteiger partial charge in [0.1, 0.15) is 23.4 Å². The van der Waals surface area contributed by atoms with Crippen molar-refractivity contribution in [2.24, 2.45) is 0 Å². The number of hydrogen-bond acceptors (Lipinski definition) is 6. The Labute approximate surface area is 129 Å². The number of hydrogen-bond donors (Lipinski definition) is 1. The van der Waals surface area contributed by atoms with E-state index in [2.05, 4.69) is 9.97 Å². The number of methoxy groups -OCH3 is 1. The molecule has 0 aliphatic carbocycles. The first-order valence-electron chi connectivity index (χ1n) is 6.18. The summed E-state index contributed by atoms with van der Waals surface area (Å²) in [5.41, 5.74) is -0.191. The Morgan fingerprint density at radius 2 is 2.14 bits per heavy atom. The number of carbonyl (C=O) groups excluding carboxylic acids is 1. The standard InChI is InChI=1S/C12H16F3N3O3S/c1-7(5-20-2)21-11-17-8(4-9(18-11)22-3)10(19)16-6-12(13,14)15/h4,7H,5-6H2,1-3H3,(H,16,19). The van der Waals surface area contributed by atoms with Gasteiger partial charge in [0.05, 0.1) is 6.61 Å². The fraction of sp³-hybridized carbons (Fsp3) is 0.583. The van der Waals surface area contributed by atoms with Gasteiger partial charge in [-0.25, -0.2) is 0 Å². The van der Waals surface area contributed by atoms with Crippen molar-refractivity contribution < 1.29 is 27.4 Å². The molecule has 10 heteroatoms. The molecule has 1 amide bonds. The Bertz CT molecular complexity index is 514. The average Bonchev–Trinajstić information content (AvgIpc) is 2.43. The molecule has 1 heterocycles. The minimum absolute atomic E-state index is 0.0893. The van der Waals surface area contributed by atoms with Crippen molar-refractivity contribution in [1.29, 1.82) is 0 Å². The molecule has 0 aliphatic rings. The molecular formula is C12H16F3N3O3S. The second kappa shape index (κ2) is 8.18. The second-order valence-corrected chi connectivity index (χ2v) is 5.09. The van der Waals surface area contributed by atoms with Crippen LogP contribution in [0.1, 0.15) is 17.4 Å². The number of aromatic nitrogens is 2. The third-order valence-corrected chi connectivity index (χ3v) is 2.91. The lowest BCUT2D eigenvalue weighted by molar-refractivity contribution is -0.123. The van der Waals surface area contributed by atoms with E-state index in [1.165, 1.54) is 24.9 Å². The van der Waals surface area contributed by atoms with E-state index in [0.717, 1.165) is 0 Å². The van der Waals surface area contributed by atoms with Gasteiger partial charge in [-0.3, -0.25) is 4.79 Å². The Kier molecular flexibility index (Phi) is 6.88. The molecule has 1 aromatic rings. The lowest BCUT2D eigenvalue weighted by Gasteiger charge is -2.13. The number of rotatable bonds is 7. The van der Waals surface area contributed by atoms with E-state index in [1.807, 2.05) is 0 Å². The highest BCUT2D eigenvalue weighted by atomic mass is 32.2. The van der Waals surface area contributed by atoms with Crippen LogP contribution in [0.25, 0.3) is 0 Å². The minimum atomic E-state index is -4.49. The van der Waals surface area contributed by atoms with Crippen molar-refractivity contribution in [3.05, 3.63) is 11.8 Å². The van der Waals surface area contributed by atoms with Crippen molar-refractivity contribution in [3.8, 4) is 6.01 Å². The van der Waals surface area contributed by atoms with Crippen LogP contribution in [-0.4, -0.2) is 54.7 Å². The summed E-state index contributed by atoms with van der Waals surface area (Å²) in [5, 5.41) is 2.16. The van der Waals surface area contributed by atoms with Crippen LogP contribution in [0.5, 0.6) is 6.01 Å². The Hall–Kier alpha value is -1.55. The second-order valence-electron chi connectivity index (χ2n) is 4.26. The number of thioether (sulfide) groups is 1. The zero-order valence-corrected chi connectivity index (χ0v) is 13.0. The van der Waals surface area contributed by atoms with Crippen molar-refractivity contribution in [2.75, 3.05) is 26.5 Å². The highest BCUT2D eigenvalue weighted by molar-refractivity contribution is 7.98. The highest BCUT2D eigenvalue weighted by Crippen LogP contribution is 2.18. The largest absolute Gasteiger partial charge is 0.458 e. The molecule has 0 saturated carbocycles. The first kappa shape index (κ1) is 18.5. The summed E-state index contributed by atoms with van der Waals surface area (Å²) in [6.45, 7) is 0.561. The molecule has 0 aliphatic heterocycles. The quantitative estimate of drug-likeness (QED) is 0.604. The van der Waals surface area contributed by atoms with Crippen molar-refractivity contribution in [3.63, 3.8) is 0 Å². The summed E-state index contributed by atoms with van der Waals surface area (Å²) < 4.78 is 46.6. The normalized spacial score (nSPS) is 12.8. The molecule has 1 aromatic heterocycles. The van der Waals surface area contributed by atoms with Crippen molar-refractivity contribution in [1.82, 2.24) is 15.3 Å². The van der Waals surface area contributed by atoms with Gasteiger partial charge in [0.2, 0.25) is 0 Å². The van der Waals surface area contributed by atoms with E-state index in [4.69, 9.17) is 9.47 Å². The van der Waals surface area contributed by atoms with Gasteiger partial charge in [-0.1, -0.05) is 0 Å². The Morgan fingerprint density at radius 3 is 2.68 bits per heavy atom. The molecule has 0 saturated heterocycles. The lowest BCUT2D eigenvalue weighted by atomic mass is 10.4. The zero-order valence-electron chi connectivity index (χ0n) is 12.2. The summed E-state index contributed by atoms with van der Waals surface area (Å²) in [6, 6.07) is 1.21. The molecule has 124 valence electrons. The summed E-state index contributed by atoms with van der Waals surface area (Å²) in [6.07, 6.45) is -3.15. The first-order chi connectivity index (χ1) is 10.2. The van der Waals surface area contributed by atoms with Crippen LogP contribution >= 0.6 is 11.8 Å². The maximum absolute atomic E-state index is 12.1. The molecule has 0 bridgehead atoms. The van der Waals surface area contributed by atoms with Gasteiger partial charge in [-0.15, -0.1) is 11.8 Å². The van der Waals surface area contributed by atoms with Crippen LogP contribution < -0.4 is 10.1 Å². The van der Waals surface area contributed by atoms with Gasteiger partial charge in [0.15, 0.2) is 0 Å². The van der Waals surface area contributed by atoms with Crippen LogP contribution in [0.3, 0.4) is 0 Å². The monoisotopic (exact) mass is 339 g/mol. The van der Waals surface area contributed by atoms with E-state index < -0.39 is 18.6 Å². The van der Waals surface area contributed by atoms with Crippen LogP contribution in [0.15, 0.2) is 11.1 Å². The molecule has 6 nitrogen and oxygen atoms in total. The van der Waals surface area contributed by atoms with E-state index in [9.17, 15) is 18.0 Å². The summed E-state index contributed by atoms with van der Waals surface area (Å²) in [5.74, 6) is -0.945. The topological polar surface area (TPSA) is 73.3 Å². The van der Waals surface area contributed by atoms with E-state index in [-0.39, 0.29) is 24.4 Å². The van der Waals surface area contributed by atoms with Gasteiger partial charge in [-0.05, 0) is 13.2 Å². The Morgan fingerprint density at radius 1 is 1.45 bits per heavy atom. The predicted octanol–water partition coefficient (Wildman–Crippen LogP) is 1.90. The van der Waals surface area contributed by atoms with Crippen LogP contribution in [0, 0.1) is 0 Å². The van der Waals surface area contributed by atoms with E-state index in [1.54, 1.807) is 18.5 Å². The summed E-state index contributed by atoms with van der Waals surface area (Å²) >= 11 is 1.21. The van der Waals surface area contributed by atoms with Gasteiger partial charge >= 0.3 is 12.2 Å². The third kappa shape index (κ3) is 6.48. The molecule has 0 radical (unpaired) electrons. The molecule has 1 atom stereocenters. The maximum Gasteiger partial charge on any atom is 0.405 e. The van der Waals surface area contributed by atoms with Crippen LogP contribution in [0.4, 0.5) is 13.2 Å². The van der Waals surface area contributed by atoms with Gasteiger partial charge < -0.3 is 14.8 Å². The number of ether oxygens (including phenoxy) is 2. The number of amides is 1. The number of alkyl halides is 3. The summed E-state index contributed by atoms with van der Waals surface area (Å²) in [7, 11) is 1.50. The van der Waals surface area contributed by atoms with Crippen molar-refractivity contribution >= 4 is 17.7 Å². The Balaban J connectivity index is 2.87. The minimum Gasteiger partial charge on any atom is -0.458 e. The molecular weight excluding hydrogens is 323 g/mol. The SMILES string of the molecule is COCC(C)Oc1nc(SC)cc(C(=O)NCC(F)(F)F)n1. The molecule has 1 unspecified atom stereocenters. The molecule has 0 spiro atoms. The molecule has 1 N–H and O–H groups in total. The highest BCUT2D eigenvalue weighted by Gasteiger charge is 2.28.